The molecule has 0 saturated carbocycles. The van der Waals surface area contributed by atoms with Crippen molar-refractivity contribution in [2.45, 2.75) is 26.8 Å². The number of carbonyl (C=O) groups excluding carboxylic acids is 1. The van der Waals surface area contributed by atoms with Gasteiger partial charge in [-0.1, -0.05) is 18.2 Å². The zero-order valence-electron chi connectivity index (χ0n) is 12.5. The minimum Gasteiger partial charge on any atom is -0.384 e. The van der Waals surface area contributed by atoms with Gasteiger partial charge >= 0.3 is 0 Å². The van der Waals surface area contributed by atoms with Crippen molar-refractivity contribution in [3.63, 3.8) is 0 Å². The molecule has 1 amide bonds. The molecule has 6 heteroatoms. The molecule has 0 bridgehead atoms. The summed E-state index contributed by atoms with van der Waals surface area (Å²) >= 11 is 0. The molecule has 0 saturated heterocycles. The highest BCUT2D eigenvalue weighted by Gasteiger charge is 2.10. The number of carbonyl (C=O) groups is 1. The predicted molar refractivity (Wildman–Crippen MR) is 82.3 cm³/mol. The van der Waals surface area contributed by atoms with Crippen LogP contribution in [0.3, 0.4) is 0 Å². The Labute approximate surface area is 124 Å². The molecule has 0 fully saturated rings. The summed E-state index contributed by atoms with van der Waals surface area (Å²) in [5, 5.41) is 13.8. The zero-order valence-corrected chi connectivity index (χ0v) is 12.5. The van der Waals surface area contributed by atoms with Crippen molar-refractivity contribution in [1.29, 1.82) is 0 Å². The summed E-state index contributed by atoms with van der Waals surface area (Å²) in [6.07, 6.45) is 4.40. The molecule has 112 valence electrons. The molecule has 0 aliphatic heterocycles. The Kier molecular flexibility index (Phi) is 5.31. The monoisotopic (exact) mass is 287 g/mol. The first-order valence-electron chi connectivity index (χ1n) is 7.17. The molecule has 0 aliphatic carbocycles. The van der Waals surface area contributed by atoms with Gasteiger partial charge in [-0.15, -0.1) is 5.10 Å². The van der Waals surface area contributed by atoms with E-state index in [0.717, 1.165) is 24.2 Å². The van der Waals surface area contributed by atoms with Crippen LogP contribution in [0, 0.1) is 6.92 Å². The lowest BCUT2D eigenvalue weighted by atomic mass is 10.1. The van der Waals surface area contributed by atoms with Gasteiger partial charge in [-0.3, -0.25) is 9.48 Å². The van der Waals surface area contributed by atoms with Crippen LogP contribution in [0.25, 0.3) is 0 Å². The summed E-state index contributed by atoms with van der Waals surface area (Å²) in [6.45, 7) is 6.09. The highest BCUT2D eigenvalue weighted by molar-refractivity contribution is 5.99. The first kappa shape index (κ1) is 15.0. The first-order chi connectivity index (χ1) is 10.2. The largest absolute Gasteiger partial charge is 0.384 e. The third kappa shape index (κ3) is 4.30. The van der Waals surface area contributed by atoms with Crippen molar-refractivity contribution in [3.05, 3.63) is 41.7 Å². The van der Waals surface area contributed by atoms with Crippen LogP contribution in [0.15, 0.2) is 30.6 Å². The van der Waals surface area contributed by atoms with Crippen LogP contribution in [0.5, 0.6) is 0 Å². The molecule has 0 unspecified atom stereocenters. The molecular weight excluding hydrogens is 266 g/mol. The summed E-state index contributed by atoms with van der Waals surface area (Å²) in [5.41, 5.74) is 2.69. The third-order valence-electron chi connectivity index (χ3n) is 3.08. The maximum Gasteiger partial charge on any atom is 0.253 e. The van der Waals surface area contributed by atoms with Gasteiger partial charge in [0, 0.05) is 25.0 Å². The van der Waals surface area contributed by atoms with Gasteiger partial charge in [0.1, 0.15) is 0 Å². The lowest BCUT2D eigenvalue weighted by Crippen LogP contribution is -2.28. The number of nitrogens with one attached hydrogen (secondary N) is 2. The van der Waals surface area contributed by atoms with Gasteiger partial charge in [0.05, 0.1) is 18.3 Å². The predicted octanol–water partition coefficient (Wildman–Crippen LogP) is 1.84. The fraction of sp³-hybridized carbons (Fsp3) is 0.400. The van der Waals surface area contributed by atoms with E-state index in [1.165, 1.54) is 0 Å². The lowest BCUT2D eigenvalue weighted by Gasteiger charge is -2.12. The minimum atomic E-state index is -0.0753. The van der Waals surface area contributed by atoms with Crippen LogP contribution >= 0.6 is 0 Å². The third-order valence-corrected chi connectivity index (χ3v) is 3.08. The summed E-state index contributed by atoms with van der Waals surface area (Å²) in [6, 6.07) is 5.81. The molecule has 0 spiro atoms. The van der Waals surface area contributed by atoms with Crippen LogP contribution in [0.2, 0.25) is 0 Å². The quantitative estimate of drug-likeness (QED) is 0.815. The summed E-state index contributed by atoms with van der Waals surface area (Å²) in [4.78, 5) is 12.3. The smallest absolute Gasteiger partial charge is 0.253 e. The van der Waals surface area contributed by atoms with Gasteiger partial charge in [-0.05, 0) is 31.0 Å². The molecule has 2 rings (SSSR count). The first-order valence-corrected chi connectivity index (χ1v) is 7.17. The van der Waals surface area contributed by atoms with Gasteiger partial charge in [0.2, 0.25) is 0 Å². The Morgan fingerprint density at radius 1 is 1.33 bits per heavy atom. The average molecular weight is 287 g/mol. The van der Waals surface area contributed by atoms with Crippen molar-refractivity contribution in [2.24, 2.45) is 0 Å². The second-order valence-corrected chi connectivity index (χ2v) is 4.90. The highest BCUT2D eigenvalue weighted by Crippen LogP contribution is 2.17. The van der Waals surface area contributed by atoms with Gasteiger partial charge in [-0.25, -0.2) is 0 Å². The fourth-order valence-electron chi connectivity index (χ4n) is 1.99. The number of hydrogen-bond donors (Lipinski definition) is 2. The number of nitrogens with zero attached hydrogens (tertiary/aromatic N) is 3. The van der Waals surface area contributed by atoms with E-state index in [1.54, 1.807) is 17.1 Å². The van der Waals surface area contributed by atoms with E-state index < -0.39 is 0 Å². The standard InChI is InChI=1S/C15H21N5O/c1-3-6-16-14-11-12(2)4-5-13(14)15(21)17-7-9-20-10-8-18-19-20/h4-5,8,10-11,16H,3,6-7,9H2,1-2H3,(H,17,21). The fourth-order valence-corrected chi connectivity index (χ4v) is 1.99. The van der Waals surface area contributed by atoms with Gasteiger partial charge < -0.3 is 10.6 Å². The second-order valence-electron chi connectivity index (χ2n) is 4.90. The SMILES string of the molecule is CCCNc1cc(C)ccc1C(=O)NCCn1ccnn1. The van der Waals surface area contributed by atoms with E-state index >= 15 is 0 Å². The van der Waals surface area contributed by atoms with Crippen LogP contribution in [-0.2, 0) is 6.54 Å². The number of amides is 1. The molecule has 2 aromatic rings. The van der Waals surface area contributed by atoms with Crippen molar-refractivity contribution in [3.8, 4) is 0 Å². The molecule has 2 N–H and O–H groups in total. The van der Waals surface area contributed by atoms with E-state index in [-0.39, 0.29) is 5.91 Å². The van der Waals surface area contributed by atoms with E-state index in [1.807, 2.05) is 25.1 Å². The van der Waals surface area contributed by atoms with Crippen LogP contribution in [0.1, 0.15) is 29.3 Å². The van der Waals surface area contributed by atoms with Crippen LogP contribution in [0.4, 0.5) is 5.69 Å². The van der Waals surface area contributed by atoms with Gasteiger partial charge in [0.15, 0.2) is 0 Å². The maximum atomic E-state index is 12.3. The molecule has 6 nitrogen and oxygen atoms in total. The summed E-state index contributed by atoms with van der Waals surface area (Å²) in [5.74, 6) is -0.0753. The average Bonchev–Trinajstić information content (AvgIpc) is 2.98. The molecular formula is C15H21N5O. The van der Waals surface area contributed by atoms with Crippen molar-refractivity contribution >= 4 is 11.6 Å². The second kappa shape index (κ2) is 7.42. The molecule has 21 heavy (non-hydrogen) atoms. The van der Waals surface area contributed by atoms with Crippen LogP contribution in [-0.4, -0.2) is 34.0 Å². The number of rotatable bonds is 7. The van der Waals surface area contributed by atoms with E-state index in [4.69, 9.17) is 0 Å². The molecule has 0 radical (unpaired) electrons. The Bertz CT molecular complexity index is 580. The van der Waals surface area contributed by atoms with E-state index in [0.29, 0.717) is 18.7 Å². The Morgan fingerprint density at radius 3 is 2.90 bits per heavy atom. The zero-order chi connectivity index (χ0) is 15.1. The normalized spacial score (nSPS) is 10.4. The Balaban J connectivity index is 1.97. The van der Waals surface area contributed by atoms with Gasteiger partial charge in [-0.2, -0.15) is 0 Å². The topological polar surface area (TPSA) is 71.8 Å². The van der Waals surface area contributed by atoms with E-state index in [9.17, 15) is 4.79 Å². The number of aromatic nitrogens is 3. The van der Waals surface area contributed by atoms with Crippen molar-refractivity contribution in [1.82, 2.24) is 20.3 Å². The lowest BCUT2D eigenvalue weighted by molar-refractivity contribution is 0.0952. The van der Waals surface area contributed by atoms with E-state index in [2.05, 4.69) is 27.9 Å². The number of aryl methyl sites for hydroxylation is 1. The molecule has 1 aromatic carbocycles. The van der Waals surface area contributed by atoms with Crippen molar-refractivity contribution in [2.75, 3.05) is 18.4 Å². The number of hydrogen-bond acceptors (Lipinski definition) is 4. The maximum absolute atomic E-state index is 12.3. The van der Waals surface area contributed by atoms with Crippen molar-refractivity contribution < 1.29 is 4.79 Å². The minimum absolute atomic E-state index is 0.0753. The highest BCUT2D eigenvalue weighted by atomic mass is 16.1. The molecule has 1 heterocycles. The molecule has 0 aliphatic rings. The van der Waals surface area contributed by atoms with Gasteiger partial charge in [0.25, 0.3) is 5.91 Å². The Morgan fingerprint density at radius 2 is 2.19 bits per heavy atom. The molecule has 0 atom stereocenters. The summed E-state index contributed by atoms with van der Waals surface area (Å²) < 4.78 is 1.69. The number of anilines is 1. The van der Waals surface area contributed by atoms with Crippen LogP contribution < -0.4 is 10.6 Å². The molecule has 1 aromatic heterocycles. The summed E-state index contributed by atoms with van der Waals surface area (Å²) in [7, 11) is 0. The Hall–Kier alpha value is -2.37. The number of benzene rings is 1.